The molecule has 1 N–H and O–H groups in total. The average Bonchev–Trinajstić information content (AvgIpc) is 2.24. The van der Waals surface area contributed by atoms with E-state index >= 15 is 0 Å². The summed E-state index contributed by atoms with van der Waals surface area (Å²) in [7, 11) is 0. The Bertz CT molecular complexity index is 299. The summed E-state index contributed by atoms with van der Waals surface area (Å²) in [5.74, 6) is 0. The molecule has 1 rings (SSSR count). The highest BCUT2D eigenvalue weighted by molar-refractivity contribution is 9.10. The molecule has 90 valence electrons. The normalized spacial score (nSPS) is 12.7. The van der Waals surface area contributed by atoms with E-state index in [9.17, 15) is 5.11 Å². The van der Waals surface area contributed by atoms with Crippen molar-refractivity contribution < 1.29 is 5.11 Å². The Morgan fingerprint density at radius 3 is 2.75 bits per heavy atom. The second-order valence-electron chi connectivity index (χ2n) is 4.34. The molecular weight excluding hydrogens is 264 g/mol. The Hall–Kier alpha value is -0.340. The highest BCUT2D eigenvalue weighted by Crippen LogP contribution is 2.15. The smallest absolute Gasteiger partial charge is 0.0580 e. The van der Waals surface area contributed by atoms with Crippen molar-refractivity contribution in [3.63, 3.8) is 0 Å². The highest BCUT2D eigenvalue weighted by Gasteiger charge is 2.05. The lowest BCUT2D eigenvalue weighted by Gasteiger charge is -2.10. The van der Waals surface area contributed by atoms with E-state index in [1.165, 1.54) is 24.8 Å². The maximum absolute atomic E-state index is 9.88. The third-order valence-electron chi connectivity index (χ3n) is 2.75. The Labute approximate surface area is 107 Å². The molecule has 0 saturated heterocycles. The molecule has 0 fully saturated rings. The van der Waals surface area contributed by atoms with Gasteiger partial charge in [-0.25, -0.2) is 0 Å². The van der Waals surface area contributed by atoms with Crippen LogP contribution in [0.25, 0.3) is 0 Å². The minimum Gasteiger partial charge on any atom is -0.393 e. The first kappa shape index (κ1) is 13.7. The van der Waals surface area contributed by atoms with Crippen molar-refractivity contribution in [2.75, 3.05) is 0 Å². The van der Waals surface area contributed by atoms with Gasteiger partial charge in [-0.3, -0.25) is 0 Å². The van der Waals surface area contributed by atoms with Gasteiger partial charge < -0.3 is 5.11 Å². The zero-order valence-electron chi connectivity index (χ0n) is 9.95. The summed E-state index contributed by atoms with van der Waals surface area (Å²) < 4.78 is 1.09. The number of hydrogen-bond acceptors (Lipinski definition) is 1. The van der Waals surface area contributed by atoms with Crippen molar-refractivity contribution in [2.24, 2.45) is 0 Å². The topological polar surface area (TPSA) is 20.2 Å². The van der Waals surface area contributed by atoms with Gasteiger partial charge in [0.05, 0.1) is 6.10 Å². The molecule has 0 heterocycles. The van der Waals surface area contributed by atoms with Gasteiger partial charge in [-0.2, -0.15) is 0 Å². The van der Waals surface area contributed by atoms with Crippen molar-refractivity contribution in [3.8, 4) is 0 Å². The van der Waals surface area contributed by atoms with Crippen molar-refractivity contribution in [3.05, 3.63) is 34.3 Å². The van der Waals surface area contributed by atoms with E-state index in [-0.39, 0.29) is 6.10 Å². The molecule has 1 atom stereocenters. The van der Waals surface area contributed by atoms with E-state index < -0.39 is 0 Å². The SMILES string of the molecule is CCCCCCC(O)Cc1cccc(Br)c1. The van der Waals surface area contributed by atoms with Crippen molar-refractivity contribution in [2.45, 2.75) is 51.6 Å². The van der Waals surface area contributed by atoms with Gasteiger partial charge in [0.2, 0.25) is 0 Å². The second-order valence-corrected chi connectivity index (χ2v) is 5.25. The Morgan fingerprint density at radius 1 is 1.25 bits per heavy atom. The molecule has 0 aliphatic heterocycles. The van der Waals surface area contributed by atoms with Crippen LogP contribution < -0.4 is 0 Å². The van der Waals surface area contributed by atoms with E-state index in [1.54, 1.807) is 0 Å². The number of benzene rings is 1. The lowest BCUT2D eigenvalue weighted by atomic mass is 10.0. The van der Waals surface area contributed by atoms with Crippen molar-refractivity contribution in [1.82, 2.24) is 0 Å². The predicted octanol–water partition coefficient (Wildman–Crippen LogP) is 4.32. The van der Waals surface area contributed by atoms with Gasteiger partial charge in [0.15, 0.2) is 0 Å². The third-order valence-corrected chi connectivity index (χ3v) is 3.24. The van der Waals surface area contributed by atoms with E-state index in [2.05, 4.69) is 35.0 Å². The molecule has 0 radical (unpaired) electrons. The van der Waals surface area contributed by atoms with E-state index in [0.717, 1.165) is 23.7 Å². The minimum absolute atomic E-state index is 0.189. The van der Waals surface area contributed by atoms with E-state index in [1.807, 2.05) is 12.1 Å². The monoisotopic (exact) mass is 284 g/mol. The van der Waals surface area contributed by atoms with Crippen LogP contribution in [0.4, 0.5) is 0 Å². The van der Waals surface area contributed by atoms with Gasteiger partial charge in [0, 0.05) is 4.47 Å². The van der Waals surface area contributed by atoms with Gasteiger partial charge in [-0.15, -0.1) is 0 Å². The number of halogens is 1. The lowest BCUT2D eigenvalue weighted by Crippen LogP contribution is -2.10. The molecule has 0 saturated carbocycles. The van der Waals surface area contributed by atoms with Crippen molar-refractivity contribution >= 4 is 15.9 Å². The number of unbranched alkanes of at least 4 members (excludes halogenated alkanes) is 3. The Balaban J connectivity index is 2.25. The largest absolute Gasteiger partial charge is 0.393 e. The number of aliphatic hydroxyl groups is 1. The summed E-state index contributed by atoms with van der Waals surface area (Å²) in [4.78, 5) is 0. The molecule has 1 unspecified atom stereocenters. The summed E-state index contributed by atoms with van der Waals surface area (Å²) >= 11 is 3.44. The van der Waals surface area contributed by atoms with Crippen LogP contribution in [-0.2, 0) is 6.42 Å². The van der Waals surface area contributed by atoms with Gasteiger partial charge in [0.1, 0.15) is 0 Å². The second kappa shape index (κ2) is 7.86. The van der Waals surface area contributed by atoms with Crippen molar-refractivity contribution in [1.29, 1.82) is 0 Å². The van der Waals surface area contributed by atoms with Crippen LogP contribution in [0.3, 0.4) is 0 Å². The molecule has 0 aliphatic rings. The zero-order valence-corrected chi connectivity index (χ0v) is 11.5. The van der Waals surface area contributed by atoms with Gasteiger partial charge in [-0.05, 0) is 30.5 Å². The first-order valence-corrected chi connectivity index (χ1v) is 6.94. The number of rotatable bonds is 7. The van der Waals surface area contributed by atoms with Crippen LogP contribution in [0.5, 0.6) is 0 Å². The average molecular weight is 285 g/mol. The molecule has 1 aromatic rings. The van der Waals surface area contributed by atoms with Gasteiger partial charge >= 0.3 is 0 Å². The third kappa shape index (κ3) is 5.66. The highest BCUT2D eigenvalue weighted by atomic mass is 79.9. The van der Waals surface area contributed by atoms with Gasteiger partial charge in [-0.1, -0.05) is 60.7 Å². The number of aliphatic hydroxyl groups excluding tert-OH is 1. The maximum atomic E-state index is 9.88. The first-order valence-electron chi connectivity index (χ1n) is 6.15. The summed E-state index contributed by atoms with van der Waals surface area (Å²) in [6.07, 6.45) is 6.42. The van der Waals surface area contributed by atoms with Crippen LogP contribution >= 0.6 is 15.9 Å². The minimum atomic E-state index is -0.189. The van der Waals surface area contributed by atoms with Crippen LogP contribution in [0, 0.1) is 0 Å². The summed E-state index contributed by atoms with van der Waals surface area (Å²) in [5.41, 5.74) is 1.21. The molecule has 0 spiro atoms. The molecule has 1 nitrogen and oxygen atoms in total. The maximum Gasteiger partial charge on any atom is 0.0580 e. The molecule has 2 heteroatoms. The molecule has 0 amide bonds. The fraction of sp³-hybridized carbons (Fsp3) is 0.571. The van der Waals surface area contributed by atoms with Crippen LogP contribution in [0.2, 0.25) is 0 Å². The Kier molecular flexibility index (Phi) is 6.74. The fourth-order valence-electron chi connectivity index (χ4n) is 1.84. The predicted molar refractivity (Wildman–Crippen MR) is 72.6 cm³/mol. The zero-order chi connectivity index (χ0) is 11.8. The molecule has 0 bridgehead atoms. The summed E-state index contributed by atoms with van der Waals surface area (Å²) in [6, 6.07) is 8.18. The molecule has 0 aliphatic carbocycles. The molecule has 16 heavy (non-hydrogen) atoms. The first-order chi connectivity index (χ1) is 7.72. The molecular formula is C14H21BrO. The van der Waals surface area contributed by atoms with Gasteiger partial charge in [0.25, 0.3) is 0 Å². The Morgan fingerprint density at radius 2 is 2.06 bits per heavy atom. The van der Waals surface area contributed by atoms with Crippen LogP contribution in [0.15, 0.2) is 28.7 Å². The summed E-state index contributed by atoms with van der Waals surface area (Å²) in [6.45, 7) is 2.21. The van der Waals surface area contributed by atoms with E-state index in [0.29, 0.717) is 0 Å². The fourth-order valence-corrected chi connectivity index (χ4v) is 2.29. The quantitative estimate of drug-likeness (QED) is 0.740. The number of hydrogen-bond donors (Lipinski definition) is 1. The molecule has 1 aromatic carbocycles. The van der Waals surface area contributed by atoms with Crippen LogP contribution in [-0.4, -0.2) is 11.2 Å². The van der Waals surface area contributed by atoms with E-state index in [4.69, 9.17) is 0 Å². The van der Waals surface area contributed by atoms with Crippen LogP contribution in [0.1, 0.15) is 44.6 Å². The lowest BCUT2D eigenvalue weighted by molar-refractivity contribution is 0.161. The standard InChI is InChI=1S/C14H21BrO/c1-2-3-4-5-9-14(16)11-12-7-6-8-13(15)10-12/h6-8,10,14,16H,2-5,9,11H2,1H3. The molecule has 0 aromatic heterocycles. The summed E-state index contributed by atoms with van der Waals surface area (Å²) in [5, 5.41) is 9.88.